The molecule has 0 heterocycles. The number of aliphatic hydroxyl groups excluding tert-OH is 1. The van der Waals surface area contributed by atoms with Crippen molar-refractivity contribution in [3.05, 3.63) is 70.7 Å². The number of ether oxygens (including phenoxy) is 1. The minimum absolute atomic E-state index is 0.0738. The summed E-state index contributed by atoms with van der Waals surface area (Å²) in [6.45, 7) is 1.66. The Morgan fingerprint density at radius 1 is 1.05 bits per heavy atom. The Bertz CT molecular complexity index is 1200. The van der Waals surface area contributed by atoms with Crippen LogP contribution in [0.2, 0.25) is 5.02 Å². The zero-order valence-electron chi connectivity index (χ0n) is 24.7. The molecule has 0 bridgehead atoms. The zero-order chi connectivity index (χ0) is 30.1. The molecule has 3 N–H and O–H groups in total. The van der Waals surface area contributed by atoms with Gasteiger partial charge in [-0.15, -0.1) is 0 Å². The van der Waals surface area contributed by atoms with E-state index >= 15 is 0 Å². The summed E-state index contributed by atoms with van der Waals surface area (Å²) in [7, 11) is 1.76. The van der Waals surface area contributed by atoms with E-state index in [4.69, 9.17) is 16.3 Å². The van der Waals surface area contributed by atoms with E-state index in [0.717, 1.165) is 36.8 Å². The summed E-state index contributed by atoms with van der Waals surface area (Å²) in [5, 5.41) is 16.3. The van der Waals surface area contributed by atoms with E-state index < -0.39 is 23.8 Å². The molecule has 0 aliphatic heterocycles. The van der Waals surface area contributed by atoms with E-state index in [1.807, 2.05) is 49.4 Å². The first kappa shape index (κ1) is 31.8. The number of hydrogen-bond acceptors (Lipinski definition) is 5. The summed E-state index contributed by atoms with van der Waals surface area (Å²) in [6.07, 6.45) is 7.12. The van der Waals surface area contributed by atoms with Crippen LogP contribution >= 0.6 is 11.6 Å². The quantitative estimate of drug-likeness (QED) is 0.268. The summed E-state index contributed by atoms with van der Waals surface area (Å²) in [5.74, 6) is -0.127. The van der Waals surface area contributed by atoms with Crippen molar-refractivity contribution in [3.8, 4) is 0 Å². The summed E-state index contributed by atoms with van der Waals surface area (Å²) in [6, 6.07) is 15.6. The monoisotopic (exact) mass is 597 g/mol. The fourth-order valence-electron chi connectivity index (χ4n) is 5.83. The van der Waals surface area contributed by atoms with Gasteiger partial charge in [0.05, 0.1) is 18.7 Å². The van der Waals surface area contributed by atoms with Crippen LogP contribution in [0, 0.1) is 5.92 Å². The second-order valence-corrected chi connectivity index (χ2v) is 12.3. The van der Waals surface area contributed by atoms with Crippen LogP contribution in [-0.2, 0) is 19.9 Å². The lowest BCUT2D eigenvalue weighted by Gasteiger charge is -2.29. The van der Waals surface area contributed by atoms with Crippen LogP contribution in [0.25, 0.3) is 0 Å². The van der Waals surface area contributed by atoms with E-state index in [2.05, 4.69) is 10.6 Å². The molecule has 2 aliphatic carbocycles. The molecule has 0 spiro atoms. The number of nitrogens with one attached hydrogen (secondary N) is 2. The minimum Gasteiger partial charge on any atom is -0.438 e. The molecular weight excluding hydrogens is 554 g/mol. The lowest BCUT2D eigenvalue weighted by Crippen LogP contribution is -2.52. The van der Waals surface area contributed by atoms with Gasteiger partial charge in [0.2, 0.25) is 11.8 Å². The summed E-state index contributed by atoms with van der Waals surface area (Å²) in [5.41, 5.74) is 1.15. The molecule has 2 saturated carbocycles. The van der Waals surface area contributed by atoms with Crippen LogP contribution in [0.15, 0.2) is 54.6 Å². The van der Waals surface area contributed by atoms with E-state index in [1.54, 1.807) is 24.1 Å². The van der Waals surface area contributed by atoms with Gasteiger partial charge in [0.1, 0.15) is 11.6 Å². The number of aliphatic hydroxyl groups is 1. The van der Waals surface area contributed by atoms with Crippen LogP contribution in [0.4, 0.5) is 4.79 Å². The molecule has 0 saturated heterocycles. The standard InChI is InChI=1S/C33H44ClN3O5/c1-23(25-12-7-4-8-13-25)37(2)30(39)17-16-28(22-38)35-31(40)29(20-24-10-5-3-6-11-24)36-32(41)42-33(18-19-33)26-14-9-15-27(34)21-26/h4,7-9,12-15,21,23-24,28-29,38H,3,5-6,10-11,16-20,22H2,1-2H3,(H,35,40)(H,36,41). The van der Waals surface area contributed by atoms with Gasteiger partial charge in [-0.3, -0.25) is 9.59 Å². The average molecular weight is 598 g/mol. The van der Waals surface area contributed by atoms with Gasteiger partial charge in [-0.2, -0.15) is 0 Å². The fraction of sp³-hybridized carbons (Fsp3) is 0.545. The first-order valence-corrected chi connectivity index (χ1v) is 15.6. The molecule has 0 aromatic heterocycles. The molecule has 9 heteroatoms. The predicted molar refractivity (Wildman–Crippen MR) is 163 cm³/mol. The Morgan fingerprint density at radius 2 is 1.76 bits per heavy atom. The topological polar surface area (TPSA) is 108 Å². The molecule has 3 unspecified atom stereocenters. The molecule has 2 fully saturated rings. The average Bonchev–Trinajstić information content (AvgIpc) is 3.79. The highest BCUT2D eigenvalue weighted by atomic mass is 35.5. The number of carbonyl (C=O) groups is 3. The van der Waals surface area contributed by atoms with E-state index in [1.165, 1.54) is 6.42 Å². The van der Waals surface area contributed by atoms with Crippen LogP contribution in [0.3, 0.4) is 0 Å². The van der Waals surface area contributed by atoms with Crippen molar-refractivity contribution in [2.24, 2.45) is 5.92 Å². The number of nitrogens with zero attached hydrogens (tertiary/aromatic N) is 1. The number of halogens is 1. The molecule has 4 rings (SSSR count). The highest BCUT2D eigenvalue weighted by molar-refractivity contribution is 6.30. The maximum atomic E-state index is 13.5. The number of alkyl carbamates (subject to hydrolysis) is 1. The number of benzene rings is 2. The lowest BCUT2D eigenvalue weighted by molar-refractivity contribution is -0.132. The van der Waals surface area contributed by atoms with Gasteiger partial charge >= 0.3 is 6.09 Å². The number of amides is 3. The van der Waals surface area contributed by atoms with Crippen LogP contribution in [-0.4, -0.2) is 53.7 Å². The number of hydrogen-bond donors (Lipinski definition) is 3. The number of rotatable bonds is 13. The van der Waals surface area contributed by atoms with Gasteiger partial charge < -0.3 is 25.4 Å². The maximum Gasteiger partial charge on any atom is 0.408 e. The largest absolute Gasteiger partial charge is 0.438 e. The summed E-state index contributed by atoms with van der Waals surface area (Å²) in [4.78, 5) is 41.2. The normalized spacial score (nSPS) is 18.3. The van der Waals surface area contributed by atoms with E-state index in [-0.39, 0.29) is 37.3 Å². The first-order chi connectivity index (χ1) is 20.2. The van der Waals surface area contributed by atoms with Crippen LogP contribution < -0.4 is 10.6 Å². The SMILES string of the molecule is CC(c1ccccc1)N(C)C(=O)CCC(CO)NC(=O)C(CC1CCCCC1)NC(=O)OC1(c2cccc(Cl)c2)CC1. The fourth-order valence-corrected chi connectivity index (χ4v) is 6.02. The van der Waals surface area contributed by atoms with Gasteiger partial charge in [-0.05, 0) is 61.8 Å². The molecule has 42 heavy (non-hydrogen) atoms. The van der Waals surface area contributed by atoms with Gasteiger partial charge in [0.15, 0.2) is 0 Å². The van der Waals surface area contributed by atoms with Crippen molar-refractivity contribution in [2.75, 3.05) is 13.7 Å². The van der Waals surface area contributed by atoms with Crippen molar-refractivity contribution >= 4 is 29.5 Å². The van der Waals surface area contributed by atoms with Crippen molar-refractivity contribution in [3.63, 3.8) is 0 Å². The molecule has 8 nitrogen and oxygen atoms in total. The molecule has 2 aromatic carbocycles. The zero-order valence-corrected chi connectivity index (χ0v) is 25.4. The van der Waals surface area contributed by atoms with Crippen molar-refractivity contribution in [2.45, 2.75) is 94.9 Å². The van der Waals surface area contributed by atoms with Gasteiger partial charge in [-0.25, -0.2) is 4.79 Å². The van der Waals surface area contributed by atoms with Crippen molar-refractivity contribution in [1.82, 2.24) is 15.5 Å². The highest BCUT2D eigenvalue weighted by Crippen LogP contribution is 2.49. The molecular formula is C33H44ClN3O5. The number of carbonyl (C=O) groups excluding carboxylic acids is 3. The third-order valence-electron chi connectivity index (χ3n) is 8.78. The summed E-state index contributed by atoms with van der Waals surface area (Å²) < 4.78 is 5.87. The second kappa shape index (κ2) is 14.9. The Labute approximate surface area is 254 Å². The molecule has 3 amide bonds. The van der Waals surface area contributed by atoms with E-state index in [0.29, 0.717) is 30.2 Å². The van der Waals surface area contributed by atoms with Gasteiger partial charge in [-0.1, -0.05) is 86.2 Å². The Hall–Kier alpha value is -3.10. The van der Waals surface area contributed by atoms with Crippen LogP contribution in [0.5, 0.6) is 0 Å². The lowest BCUT2D eigenvalue weighted by atomic mass is 9.84. The van der Waals surface area contributed by atoms with E-state index in [9.17, 15) is 19.5 Å². The Kier molecular flexibility index (Phi) is 11.3. The second-order valence-electron chi connectivity index (χ2n) is 11.8. The third-order valence-corrected chi connectivity index (χ3v) is 9.01. The molecule has 0 radical (unpaired) electrons. The molecule has 2 aromatic rings. The van der Waals surface area contributed by atoms with Crippen molar-refractivity contribution < 1.29 is 24.2 Å². The summed E-state index contributed by atoms with van der Waals surface area (Å²) >= 11 is 6.16. The van der Waals surface area contributed by atoms with Crippen molar-refractivity contribution in [1.29, 1.82) is 0 Å². The Morgan fingerprint density at radius 3 is 2.40 bits per heavy atom. The molecule has 3 atom stereocenters. The first-order valence-electron chi connectivity index (χ1n) is 15.2. The Balaban J connectivity index is 1.35. The predicted octanol–water partition coefficient (Wildman–Crippen LogP) is 5.87. The highest BCUT2D eigenvalue weighted by Gasteiger charge is 2.49. The third kappa shape index (κ3) is 8.71. The molecule has 228 valence electrons. The smallest absolute Gasteiger partial charge is 0.408 e. The molecule has 2 aliphatic rings. The van der Waals surface area contributed by atoms with Gasteiger partial charge in [0, 0.05) is 18.5 Å². The van der Waals surface area contributed by atoms with Crippen LogP contribution in [0.1, 0.15) is 88.3 Å². The minimum atomic E-state index is -0.804. The maximum absolute atomic E-state index is 13.5. The van der Waals surface area contributed by atoms with Gasteiger partial charge in [0.25, 0.3) is 0 Å².